The van der Waals surface area contributed by atoms with Crippen molar-refractivity contribution in [3.05, 3.63) is 54.6 Å². The molecule has 1 aromatic carbocycles. The summed E-state index contributed by atoms with van der Waals surface area (Å²) in [5.41, 5.74) is 0.730. The summed E-state index contributed by atoms with van der Waals surface area (Å²) in [6.45, 7) is 2.60. The zero-order valence-corrected chi connectivity index (χ0v) is 14.0. The second-order valence-corrected chi connectivity index (χ2v) is 7.42. The number of thiophene rings is 1. The van der Waals surface area contributed by atoms with E-state index >= 15 is 0 Å². The van der Waals surface area contributed by atoms with E-state index in [0.717, 1.165) is 24.8 Å². The number of hydrogen-bond acceptors (Lipinski definition) is 2. The first-order valence-electron chi connectivity index (χ1n) is 5.59. The topological polar surface area (TPSA) is 12.0 Å². The van der Waals surface area contributed by atoms with E-state index in [-0.39, 0.29) is 6.04 Å². The maximum Gasteiger partial charge on any atom is 0.159 e. The Hall–Kier alpha value is -0.300. The van der Waals surface area contributed by atoms with Gasteiger partial charge in [-0.05, 0) is 62.5 Å². The highest BCUT2D eigenvalue weighted by molar-refractivity contribution is 9.13. The molecule has 1 unspecified atom stereocenters. The minimum Gasteiger partial charge on any atom is -0.305 e. The third kappa shape index (κ3) is 3.84. The fraction of sp³-hybridized carbons (Fsp3) is 0.231. The quantitative estimate of drug-likeness (QED) is 0.711. The zero-order valence-electron chi connectivity index (χ0n) is 10.0. The van der Waals surface area contributed by atoms with Crippen LogP contribution in [0.5, 0.6) is 0 Å². The second kappa shape index (κ2) is 6.43. The van der Waals surface area contributed by atoms with Crippen molar-refractivity contribution in [2.24, 2.45) is 0 Å². The van der Waals surface area contributed by atoms with Gasteiger partial charge in [0, 0.05) is 21.9 Å². The Morgan fingerprint density at radius 2 is 1.95 bits per heavy atom. The Kier molecular flexibility index (Phi) is 5.11. The van der Waals surface area contributed by atoms with Crippen molar-refractivity contribution in [3.63, 3.8) is 0 Å². The molecule has 0 amide bonds. The van der Waals surface area contributed by atoms with Crippen LogP contribution in [0.2, 0.25) is 0 Å². The van der Waals surface area contributed by atoms with E-state index in [4.69, 9.17) is 0 Å². The first kappa shape index (κ1) is 15.1. The molecule has 0 radical (unpaired) electrons. The smallest absolute Gasteiger partial charge is 0.159 e. The standard InChI is InChI=1S/C13H11Br2F2NS/c1-7(8-2-3-11(16)12(17)4-8)18-6-9-5-10(14)13(15)19-9/h2-5,7,18H,6H2,1H3. The third-order valence-corrected chi connectivity index (χ3v) is 5.98. The van der Waals surface area contributed by atoms with Crippen LogP contribution in [-0.4, -0.2) is 0 Å². The van der Waals surface area contributed by atoms with E-state index in [1.54, 1.807) is 17.4 Å². The summed E-state index contributed by atoms with van der Waals surface area (Å²) in [5, 5.41) is 3.28. The lowest BCUT2D eigenvalue weighted by Gasteiger charge is -2.13. The molecule has 0 aliphatic rings. The van der Waals surface area contributed by atoms with E-state index in [9.17, 15) is 8.78 Å². The van der Waals surface area contributed by atoms with Crippen LogP contribution in [0.15, 0.2) is 32.5 Å². The van der Waals surface area contributed by atoms with Crippen molar-refractivity contribution in [3.8, 4) is 0 Å². The highest BCUT2D eigenvalue weighted by Gasteiger charge is 2.10. The van der Waals surface area contributed by atoms with Crippen LogP contribution in [0.4, 0.5) is 8.78 Å². The Morgan fingerprint density at radius 3 is 2.53 bits per heavy atom. The van der Waals surface area contributed by atoms with Crippen molar-refractivity contribution in [1.29, 1.82) is 0 Å². The summed E-state index contributed by atoms with van der Waals surface area (Å²) >= 11 is 8.50. The van der Waals surface area contributed by atoms with Gasteiger partial charge in [-0.3, -0.25) is 0 Å². The second-order valence-electron chi connectivity index (χ2n) is 4.11. The van der Waals surface area contributed by atoms with Crippen LogP contribution in [0.25, 0.3) is 0 Å². The van der Waals surface area contributed by atoms with Crippen molar-refractivity contribution in [2.45, 2.75) is 19.5 Å². The summed E-state index contributed by atoms with van der Waals surface area (Å²) in [4.78, 5) is 1.16. The zero-order chi connectivity index (χ0) is 14.0. The molecule has 0 saturated heterocycles. The molecule has 0 aliphatic carbocycles. The Bertz CT molecular complexity index is 567. The number of nitrogens with one attached hydrogen (secondary N) is 1. The molecule has 6 heteroatoms. The summed E-state index contributed by atoms with van der Waals surface area (Å²) in [7, 11) is 0. The van der Waals surface area contributed by atoms with Gasteiger partial charge in [-0.2, -0.15) is 0 Å². The Morgan fingerprint density at radius 1 is 1.21 bits per heavy atom. The van der Waals surface area contributed by atoms with E-state index < -0.39 is 11.6 Å². The van der Waals surface area contributed by atoms with Crippen LogP contribution < -0.4 is 5.32 Å². The fourth-order valence-corrected chi connectivity index (χ4v) is 3.76. The average Bonchev–Trinajstić information content (AvgIpc) is 2.69. The normalized spacial score (nSPS) is 12.7. The molecule has 1 heterocycles. The molecule has 1 atom stereocenters. The van der Waals surface area contributed by atoms with Crippen LogP contribution in [0, 0.1) is 11.6 Å². The van der Waals surface area contributed by atoms with Gasteiger partial charge < -0.3 is 5.32 Å². The number of halogens is 4. The molecule has 102 valence electrons. The fourth-order valence-electron chi connectivity index (χ4n) is 1.63. The third-order valence-electron chi connectivity index (χ3n) is 2.72. The molecule has 0 aliphatic heterocycles. The largest absolute Gasteiger partial charge is 0.305 e. The van der Waals surface area contributed by atoms with Crippen LogP contribution in [0.3, 0.4) is 0 Å². The highest BCUT2D eigenvalue weighted by Crippen LogP contribution is 2.32. The molecule has 1 aromatic heterocycles. The summed E-state index contributed by atoms with van der Waals surface area (Å²) in [6, 6.07) is 5.96. The average molecular weight is 411 g/mol. The minimum atomic E-state index is -0.818. The summed E-state index contributed by atoms with van der Waals surface area (Å²) in [5.74, 6) is -1.63. The first-order chi connectivity index (χ1) is 8.97. The summed E-state index contributed by atoms with van der Waals surface area (Å²) < 4.78 is 28.1. The molecule has 0 fully saturated rings. The van der Waals surface area contributed by atoms with E-state index in [0.29, 0.717) is 6.54 Å². The van der Waals surface area contributed by atoms with E-state index in [2.05, 4.69) is 37.2 Å². The number of benzene rings is 1. The minimum absolute atomic E-state index is 0.0465. The van der Waals surface area contributed by atoms with Crippen molar-refractivity contribution < 1.29 is 8.78 Å². The lowest BCUT2D eigenvalue weighted by Crippen LogP contribution is -2.17. The van der Waals surface area contributed by atoms with Gasteiger partial charge in [0.15, 0.2) is 11.6 Å². The molecular weight excluding hydrogens is 400 g/mol. The van der Waals surface area contributed by atoms with Crippen molar-refractivity contribution in [2.75, 3.05) is 0 Å². The molecule has 2 rings (SSSR count). The van der Waals surface area contributed by atoms with Crippen molar-refractivity contribution in [1.82, 2.24) is 5.32 Å². The van der Waals surface area contributed by atoms with Gasteiger partial charge >= 0.3 is 0 Å². The van der Waals surface area contributed by atoms with Gasteiger partial charge in [-0.1, -0.05) is 6.07 Å². The Labute approximate surface area is 131 Å². The molecular formula is C13H11Br2F2NS. The molecule has 2 aromatic rings. The van der Waals surface area contributed by atoms with Crippen molar-refractivity contribution >= 4 is 43.2 Å². The predicted molar refractivity (Wildman–Crippen MR) is 81.3 cm³/mol. The van der Waals surface area contributed by atoms with E-state index in [1.807, 2.05) is 13.0 Å². The predicted octanol–water partition coefficient (Wildman–Crippen LogP) is 5.40. The van der Waals surface area contributed by atoms with Gasteiger partial charge in [0.05, 0.1) is 3.79 Å². The van der Waals surface area contributed by atoms with Gasteiger partial charge in [0.2, 0.25) is 0 Å². The Balaban J connectivity index is 2.00. The van der Waals surface area contributed by atoms with Crippen LogP contribution in [-0.2, 0) is 6.54 Å². The maximum absolute atomic E-state index is 13.1. The maximum atomic E-state index is 13.1. The van der Waals surface area contributed by atoms with Gasteiger partial charge in [0.25, 0.3) is 0 Å². The van der Waals surface area contributed by atoms with E-state index in [1.165, 1.54) is 6.07 Å². The lowest BCUT2D eigenvalue weighted by molar-refractivity contribution is 0.501. The van der Waals surface area contributed by atoms with Gasteiger partial charge in [-0.15, -0.1) is 11.3 Å². The molecule has 1 nitrogen and oxygen atoms in total. The summed E-state index contributed by atoms with van der Waals surface area (Å²) in [6.07, 6.45) is 0. The molecule has 0 saturated carbocycles. The SMILES string of the molecule is CC(NCc1cc(Br)c(Br)s1)c1ccc(F)c(F)c1. The molecule has 0 bridgehead atoms. The van der Waals surface area contributed by atoms with Gasteiger partial charge in [0.1, 0.15) is 0 Å². The van der Waals surface area contributed by atoms with Gasteiger partial charge in [-0.25, -0.2) is 8.78 Å². The monoisotopic (exact) mass is 409 g/mol. The number of hydrogen-bond donors (Lipinski definition) is 1. The first-order valence-corrected chi connectivity index (χ1v) is 7.99. The van der Waals surface area contributed by atoms with Crippen LogP contribution >= 0.6 is 43.2 Å². The highest BCUT2D eigenvalue weighted by atomic mass is 79.9. The molecule has 19 heavy (non-hydrogen) atoms. The van der Waals surface area contributed by atoms with Crippen LogP contribution in [0.1, 0.15) is 23.4 Å². The number of rotatable bonds is 4. The lowest BCUT2D eigenvalue weighted by atomic mass is 10.1. The molecule has 0 spiro atoms. The molecule has 1 N–H and O–H groups in total.